The number of hydrogen-bond donors (Lipinski definition) is 0. The number of esters is 1. The molecule has 0 fully saturated rings. The van der Waals surface area contributed by atoms with Crippen molar-refractivity contribution in [3.8, 4) is 0 Å². The fourth-order valence-corrected chi connectivity index (χ4v) is 3.02. The lowest BCUT2D eigenvalue weighted by atomic mass is 9.84. The van der Waals surface area contributed by atoms with Gasteiger partial charge in [-0.25, -0.2) is 4.58 Å². The first kappa shape index (κ1) is 22.2. The quantitative estimate of drug-likeness (QED) is 0.329. The van der Waals surface area contributed by atoms with Crippen molar-refractivity contribution in [3.63, 3.8) is 0 Å². The maximum atomic E-state index is 11.5. The van der Waals surface area contributed by atoms with Gasteiger partial charge in [0, 0.05) is 38.7 Å². The first-order valence-corrected chi connectivity index (χ1v) is 8.66. The first-order chi connectivity index (χ1) is 12.0. The number of carbonyl (C=O) groups excluding carboxylic acids is 1. The second kappa shape index (κ2) is 9.19. The summed E-state index contributed by atoms with van der Waals surface area (Å²) in [7, 11) is -3.84. The van der Waals surface area contributed by atoms with Crippen molar-refractivity contribution in [2.45, 2.75) is 52.0 Å². The molecule has 8 heteroatoms. The Hall–Kier alpha value is -1.86. The summed E-state index contributed by atoms with van der Waals surface area (Å²) in [4.78, 5) is 11.5. The highest BCUT2D eigenvalue weighted by atomic mass is 19.5. The molecule has 26 heavy (non-hydrogen) atoms. The van der Waals surface area contributed by atoms with E-state index in [1.54, 1.807) is 0 Å². The van der Waals surface area contributed by atoms with Gasteiger partial charge in [-0.1, -0.05) is 18.2 Å². The van der Waals surface area contributed by atoms with Gasteiger partial charge in [0.05, 0.1) is 6.61 Å². The third kappa shape index (κ3) is 7.18. The van der Waals surface area contributed by atoms with Gasteiger partial charge < -0.3 is 22.0 Å². The predicted octanol–water partition coefficient (Wildman–Crippen LogP) is 4.49. The van der Waals surface area contributed by atoms with E-state index in [0.29, 0.717) is 13.0 Å². The average Bonchev–Trinajstić information content (AvgIpc) is 2.49. The summed E-state index contributed by atoms with van der Waals surface area (Å²) in [6.45, 7) is 6.86. The molecule has 0 saturated carbocycles. The van der Waals surface area contributed by atoms with Crippen LogP contribution in [-0.2, 0) is 16.0 Å². The van der Waals surface area contributed by atoms with Gasteiger partial charge in [0.15, 0.2) is 11.3 Å². The van der Waals surface area contributed by atoms with Crippen LogP contribution in [0, 0.1) is 0 Å². The highest BCUT2D eigenvalue weighted by Gasteiger charge is 2.37. The SMILES string of the molecule is CCOC(=O)CCCC1=[N+](C)C(C)(C)Cc2ccccc21.F[B-](F)(F)F. The fraction of sp³-hybridized carbons (Fsp3) is 0.556. The Morgan fingerprint density at radius 2 is 1.81 bits per heavy atom. The Labute approximate surface area is 152 Å². The van der Waals surface area contributed by atoms with Crippen molar-refractivity contribution in [2.75, 3.05) is 13.7 Å². The lowest BCUT2D eigenvalue weighted by Gasteiger charge is -2.29. The van der Waals surface area contributed by atoms with Crippen molar-refractivity contribution in [1.29, 1.82) is 0 Å². The minimum atomic E-state index is -6.00. The zero-order valence-corrected chi connectivity index (χ0v) is 15.7. The van der Waals surface area contributed by atoms with Gasteiger partial charge in [-0.3, -0.25) is 4.79 Å². The van der Waals surface area contributed by atoms with Crippen LogP contribution in [0.1, 0.15) is 51.2 Å². The van der Waals surface area contributed by atoms with Gasteiger partial charge >= 0.3 is 13.2 Å². The van der Waals surface area contributed by atoms with Crippen LogP contribution in [0.4, 0.5) is 17.3 Å². The molecule has 0 atom stereocenters. The molecule has 0 N–H and O–H groups in total. The zero-order chi connectivity index (χ0) is 20.0. The summed E-state index contributed by atoms with van der Waals surface area (Å²) >= 11 is 0. The molecule has 0 amide bonds. The Kier molecular flexibility index (Phi) is 7.84. The molecular formula is C18H26BF4NO2. The number of nitrogens with zero attached hydrogens (tertiary/aromatic N) is 1. The van der Waals surface area contributed by atoms with Gasteiger partial charge in [-0.2, -0.15) is 0 Å². The van der Waals surface area contributed by atoms with Crippen LogP contribution in [-0.4, -0.2) is 42.7 Å². The van der Waals surface area contributed by atoms with Crippen molar-refractivity contribution in [1.82, 2.24) is 0 Å². The van der Waals surface area contributed by atoms with Crippen LogP contribution in [0.2, 0.25) is 0 Å². The van der Waals surface area contributed by atoms with Gasteiger partial charge in [-0.15, -0.1) is 0 Å². The molecule has 0 bridgehead atoms. The number of benzene rings is 1. The van der Waals surface area contributed by atoms with Crippen LogP contribution in [0.5, 0.6) is 0 Å². The number of ether oxygens (including phenoxy) is 1. The fourth-order valence-electron chi connectivity index (χ4n) is 3.02. The van der Waals surface area contributed by atoms with Gasteiger partial charge in [-0.05, 0) is 25.0 Å². The van der Waals surface area contributed by atoms with Crippen LogP contribution in [0.3, 0.4) is 0 Å². The maximum absolute atomic E-state index is 11.5. The average molecular weight is 375 g/mol. The molecule has 146 valence electrons. The predicted molar refractivity (Wildman–Crippen MR) is 95.2 cm³/mol. The van der Waals surface area contributed by atoms with Gasteiger partial charge in [0.1, 0.15) is 7.05 Å². The van der Waals surface area contributed by atoms with Crippen molar-refractivity contribution in [3.05, 3.63) is 35.4 Å². The summed E-state index contributed by atoms with van der Waals surface area (Å²) < 4.78 is 46.4. The van der Waals surface area contributed by atoms with Crippen molar-refractivity contribution < 1.29 is 31.4 Å². The zero-order valence-electron chi connectivity index (χ0n) is 15.7. The molecule has 0 radical (unpaired) electrons. The molecule has 0 aliphatic carbocycles. The lowest BCUT2D eigenvalue weighted by molar-refractivity contribution is -0.577. The van der Waals surface area contributed by atoms with E-state index in [-0.39, 0.29) is 11.5 Å². The highest BCUT2D eigenvalue weighted by molar-refractivity contribution is 6.50. The summed E-state index contributed by atoms with van der Waals surface area (Å²) in [5.74, 6) is -0.0934. The second-order valence-electron chi connectivity index (χ2n) is 6.81. The summed E-state index contributed by atoms with van der Waals surface area (Å²) in [6.07, 6.45) is 3.30. The molecule has 2 rings (SSSR count). The number of hydrogen-bond acceptors (Lipinski definition) is 2. The van der Waals surface area contributed by atoms with Crippen LogP contribution < -0.4 is 0 Å². The van der Waals surface area contributed by atoms with E-state index in [1.807, 2.05) is 6.92 Å². The smallest absolute Gasteiger partial charge is 0.466 e. The Morgan fingerprint density at radius 1 is 1.23 bits per heavy atom. The maximum Gasteiger partial charge on any atom is 0.673 e. The number of likely N-dealkylation sites (N-methyl/N-ethyl adjacent to an activating group) is 1. The van der Waals surface area contributed by atoms with Crippen LogP contribution >= 0.6 is 0 Å². The number of rotatable bonds is 5. The monoisotopic (exact) mass is 375 g/mol. The lowest BCUT2D eigenvalue weighted by Crippen LogP contribution is -2.44. The van der Waals surface area contributed by atoms with E-state index in [9.17, 15) is 22.1 Å². The molecule has 3 nitrogen and oxygen atoms in total. The Balaban J connectivity index is 0.000000597. The standard InChI is InChI=1S/C18H26NO2.BF4/c1-5-21-17(20)12-8-11-16-15-10-7-6-9-14(15)13-18(2,3)19(16)4;2-1(3,4)5/h6-7,9-10H,5,8,11-13H2,1-4H3;/q+1;-1. The van der Waals surface area contributed by atoms with Gasteiger partial charge in [0.25, 0.3) is 0 Å². The molecule has 1 aromatic carbocycles. The van der Waals surface area contributed by atoms with Crippen LogP contribution in [0.25, 0.3) is 0 Å². The first-order valence-electron chi connectivity index (χ1n) is 8.66. The molecule has 0 spiro atoms. The Bertz CT molecular complexity index is 651. The Morgan fingerprint density at radius 3 is 2.38 bits per heavy atom. The number of carbonyl (C=O) groups is 1. The summed E-state index contributed by atoms with van der Waals surface area (Å²) in [6, 6.07) is 8.61. The summed E-state index contributed by atoms with van der Waals surface area (Å²) in [5, 5.41) is 0. The molecule has 1 heterocycles. The summed E-state index contributed by atoms with van der Waals surface area (Å²) in [5.41, 5.74) is 4.20. The molecular weight excluding hydrogens is 349 g/mol. The largest absolute Gasteiger partial charge is 0.673 e. The molecule has 0 unspecified atom stereocenters. The molecule has 1 aromatic rings. The third-order valence-corrected chi connectivity index (χ3v) is 4.36. The van der Waals surface area contributed by atoms with Crippen molar-refractivity contribution in [2.24, 2.45) is 0 Å². The van der Waals surface area contributed by atoms with E-state index in [2.05, 4.69) is 49.7 Å². The van der Waals surface area contributed by atoms with E-state index >= 15 is 0 Å². The number of fused-ring (bicyclic) bond motifs is 1. The minimum Gasteiger partial charge on any atom is -0.466 e. The van der Waals surface area contributed by atoms with Crippen LogP contribution in [0.15, 0.2) is 24.3 Å². The van der Waals surface area contributed by atoms with Gasteiger partial charge in [0.2, 0.25) is 0 Å². The van der Waals surface area contributed by atoms with Crippen molar-refractivity contribution >= 4 is 18.9 Å². The van der Waals surface area contributed by atoms with E-state index < -0.39 is 7.25 Å². The molecule has 0 saturated heterocycles. The molecule has 0 aromatic heterocycles. The van der Waals surface area contributed by atoms with E-state index in [1.165, 1.54) is 16.8 Å². The third-order valence-electron chi connectivity index (χ3n) is 4.36. The molecule has 1 aliphatic heterocycles. The minimum absolute atomic E-state index is 0.0934. The van der Waals surface area contributed by atoms with E-state index in [0.717, 1.165) is 19.3 Å². The topological polar surface area (TPSA) is 29.3 Å². The normalized spacial score (nSPS) is 15.7. The molecule has 1 aliphatic rings. The second-order valence-corrected chi connectivity index (χ2v) is 6.81. The highest BCUT2D eigenvalue weighted by Crippen LogP contribution is 2.27. The van der Waals surface area contributed by atoms with E-state index in [4.69, 9.17) is 4.74 Å². The number of halogens is 4.